The van der Waals surface area contributed by atoms with Crippen molar-refractivity contribution in [3.63, 3.8) is 0 Å². The molecule has 2 aromatic rings. The summed E-state index contributed by atoms with van der Waals surface area (Å²) in [6.07, 6.45) is 0.0918. The molecule has 6 nitrogen and oxygen atoms in total. The van der Waals surface area contributed by atoms with Gasteiger partial charge in [-0.15, -0.1) is 0 Å². The molecule has 0 fully saturated rings. The van der Waals surface area contributed by atoms with E-state index in [2.05, 4.69) is 21.2 Å². The zero-order valence-electron chi connectivity index (χ0n) is 15.7. The predicted molar refractivity (Wildman–Crippen MR) is 110 cm³/mol. The van der Waals surface area contributed by atoms with E-state index in [1.165, 1.54) is 4.90 Å². The molecular weight excluding hydrogens is 424 g/mol. The molecule has 0 radical (unpaired) electrons. The van der Waals surface area contributed by atoms with Crippen LogP contribution in [0.3, 0.4) is 0 Å². The monoisotopic (exact) mass is 446 g/mol. The van der Waals surface area contributed by atoms with Gasteiger partial charge < -0.3 is 15.0 Å². The van der Waals surface area contributed by atoms with Gasteiger partial charge in [0.2, 0.25) is 5.91 Å². The first-order valence-electron chi connectivity index (χ1n) is 9.00. The Hall–Kier alpha value is -2.67. The average Bonchev–Trinajstić information content (AvgIpc) is 2.69. The molecule has 148 valence electrons. The van der Waals surface area contributed by atoms with Crippen molar-refractivity contribution in [3.05, 3.63) is 70.2 Å². The molecule has 0 heterocycles. The number of halogens is 1. The van der Waals surface area contributed by atoms with E-state index in [1.807, 2.05) is 30.3 Å². The number of nitrogens with zero attached hydrogens (tertiary/aromatic N) is 1. The summed E-state index contributed by atoms with van der Waals surface area (Å²) in [6, 6.07) is 16.3. The number of amides is 2. The number of esters is 1. The van der Waals surface area contributed by atoms with Crippen LogP contribution >= 0.6 is 15.9 Å². The van der Waals surface area contributed by atoms with Gasteiger partial charge in [0.05, 0.1) is 6.61 Å². The standard InChI is InChI=1S/C21H23BrN2O4/c1-2-28-20(26)15-24(14-16-8-10-18(22)11-9-16)19(25)12-13-23-21(27)17-6-4-3-5-7-17/h3-11H,2,12-15H2,1H3,(H,23,27). The Kier molecular flexibility index (Phi) is 8.68. The number of carbonyl (C=O) groups excluding carboxylic acids is 3. The number of nitrogens with one attached hydrogen (secondary N) is 1. The van der Waals surface area contributed by atoms with Gasteiger partial charge in [0, 0.05) is 29.5 Å². The fourth-order valence-corrected chi connectivity index (χ4v) is 2.80. The van der Waals surface area contributed by atoms with Gasteiger partial charge in [-0.25, -0.2) is 0 Å². The maximum Gasteiger partial charge on any atom is 0.325 e. The van der Waals surface area contributed by atoms with Crippen molar-refractivity contribution in [1.29, 1.82) is 0 Å². The van der Waals surface area contributed by atoms with Gasteiger partial charge in [-0.05, 0) is 36.8 Å². The van der Waals surface area contributed by atoms with Gasteiger partial charge in [-0.2, -0.15) is 0 Å². The van der Waals surface area contributed by atoms with Crippen LogP contribution in [-0.2, 0) is 20.9 Å². The predicted octanol–water partition coefficient (Wildman–Crippen LogP) is 3.16. The second-order valence-corrected chi connectivity index (χ2v) is 6.97. The summed E-state index contributed by atoms with van der Waals surface area (Å²) in [7, 11) is 0. The third kappa shape index (κ3) is 7.15. The number of rotatable bonds is 9. The lowest BCUT2D eigenvalue weighted by Gasteiger charge is -2.22. The first kappa shape index (κ1) is 21.6. The quantitative estimate of drug-likeness (QED) is 0.600. The summed E-state index contributed by atoms with van der Waals surface area (Å²) in [5, 5.41) is 2.73. The van der Waals surface area contributed by atoms with E-state index in [9.17, 15) is 14.4 Å². The van der Waals surface area contributed by atoms with E-state index < -0.39 is 5.97 Å². The highest BCUT2D eigenvalue weighted by Crippen LogP contribution is 2.13. The maximum absolute atomic E-state index is 12.6. The highest BCUT2D eigenvalue weighted by Gasteiger charge is 2.18. The van der Waals surface area contributed by atoms with Crippen molar-refractivity contribution >= 4 is 33.7 Å². The Bertz CT molecular complexity index is 794. The first-order valence-corrected chi connectivity index (χ1v) is 9.80. The Labute approximate surface area is 173 Å². The second-order valence-electron chi connectivity index (χ2n) is 6.05. The Balaban J connectivity index is 1.94. The van der Waals surface area contributed by atoms with Crippen molar-refractivity contribution < 1.29 is 19.1 Å². The molecule has 0 aliphatic rings. The lowest BCUT2D eigenvalue weighted by molar-refractivity contribution is -0.149. The topological polar surface area (TPSA) is 75.7 Å². The molecule has 0 aliphatic heterocycles. The normalized spacial score (nSPS) is 10.2. The summed E-state index contributed by atoms with van der Waals surface area (Å²) in [5.41, 5.74) is 1.43. The Morgan fingerprint density at radius 1 is 1.04 bits per heavy atom. The SMILES string of the molecule is CCOC(=O)CN(Cc1ccc(Br)cc1)C(=O)CCNC(=O)c1ccccc1. The van der Waals surface area contributed by atoms with E-state index in [0.29, 0.717) is 5.56 Å². The van der Waals surface area contributed by atoms with Crippen molar-refractivity contribution in [2.75, 3.05) is 19.7 Å². The van der Waals surface area contributed by atoms with Crippen molar-refractivity contribution in [2.24, 2.45) is 0 Å². The van der Waals surface area contributed by atoms with Gasteiger partial charge in [0.15, 0.2) is 0 Å². The fraction of sp³-hybridized carbons (Fsp3) is 0.286. The summed E-state index contributed by atoms with van der Waals surface area (Å²) >= 11 is 3.37. The summed E-state index contributed by atoms with van der Waals surface area (Å²) in [5.74, 6) is -0.927. The van der Waals surface area contributed by atoms with Gasteiger partial charge in [0.1, 0.15) is 6.54 Å². The van der Waals surface area contributed by atoms with Crippen molar-refractivity contribution in [2.45, 2.75) is 19.9 Å². The molecule has 0 saturated carbocycles. The van der Waals surface area contributed by atoms with Crippen LogP contribution in [-0.4, -0.2) is 42.4 Å². The van der Waals surface area contributed by atoms with E-state index in [0.717, 1.165) is 10.0 Å². The molecular formula is C21H23BrN2O4. The molecule has 0 atom stereocenters. The molecule has 7 heteroatoms. The van der Waals surface area contributed by atoms with Crippen LogP contribution in [0, 0.1) is 0 Å². The van der Waals surface area contributed by atoms with Crippen LogP contribution in [0.5, 0.6) is 0 Å². The smallest absolute Gasteiger partial charge is 0.325 e. The first-order chi connectivity index (χ1) is 13.5. The molecule has 1 N–H and O–H groups in total. The number of hydrogen-bond donors (Lipinski definition) is 1. The van der Waals surface area contributed by atoms with E-state index >= 15 is 0 Å². The number of hydrogen-bond acceptors (Lipinski definition) is 4. The largest absolute Gasteiger partial charge is 0.465 e. The van der Waals surface area contributed by atoms with Crippen molar-refractivity contribution in [1.82, 2.24) is 10.2 Å². The molecule has 0 bridgehead atoms. The molecule has 0 aliphatic carbocycles. The molecule has 0 spiro atoms. The number of ether oxygens (including phenoxy) is 1. The van der Waals surface area contributed by atoms with Crippen LogP contribution in [0.25, 0.3) is 0 Å². The Morgan fingerprint density at radius 2 is 1.71 bits per heavy atom. The molecule has 0 unspecified atom stereocenters. The highest BCUT2D eigenvalue weighted by atomic mass is 79.9. The summed E-state index contributed by atoms with van der Waals surface area (Å²) in [4.78, 5) is 38.0. The lowest BCUT2D eigenvalue weighted by atomic mass is 10.2. The van der Waals surface area contributed by atoms with Crippen LogP contribution < -0.4 is 5.32 Å². The molecule has 2 rings (SSSR count). The minimum absolute atomic E-state index is 0.0918. The minimum Gasteiger partial charge on any atom is -0.465 e. The molecule has 2 aromatic carbocycles. The van der Waals surface area contributed by atoms with Crippen LogP contribution in [0.4, 0.5) is 0 Å². The van der Waals surface area contributed by atoms with E-state index in [1.54, 1.807) is 31.2 Å². The van der Waals surface area contributed by atoms with Gasteiger partial charge in [0.25, 0.3) is 5.91 Å². The lowest BCUT2D eigenvalue weighted by Crippen LogP contribution is -2.38. The van der Waals surface area contributed by atoms with Crippen LogP contribution in [0.2, 0.25) is 0 Å². The number of benzene rings is 2. The van der Waals surface area contributed by atoms with Gasteiger partial charge >= 0.3 is 5.97 Å². The fourth-order valence-electron chi connectivity index (χ4n) is 2.54. The zero-order chi connectivity index (χ0) is 20.4. The second kappa shape index (κ2) is 11.2. The highest BCUT2D eigenvalue weighted by molar-refractivity contribution is 9.10. The minimum atomic E-state index is -0.457. The third-order valence-corrected chi connectivity index (χ3v) is 4.45. The zero-order valence-corrected chi connectivity index (χ0v) is 17.3. The Morgan fingerprint density at radius 3 is 2.36 bits per heavy atom. The summed E-state index contributed by atoms with van der Waals surface area (Å²) < 4.78 is 5.90. The molecule has 0 saturated heterocycles. The molecule has 2 amide bonds. The van der Waals surface area contributed by atoms with E-state index in [4.69, 9.17) is 4.74 Å². The van der Waals surface area contributed by atoms with Gasteiger partial charge in [-0.3, -0.25) is 14.4 Å². The van der Waals surface area contributed by atoms with Crippen LogP contribution in [0.15, 0.2) is 59.1 Å². The third-order valence-electron chi connectivity index (χ3n) is 3.93. The maximum atomic E-state index is 12.6. The summed E-state index contributed by atoms with van der Waals surface area (Å²) in [6.45, 7) is 2.32. The van der Waals surface area contributed by atoms with E-state index in [-0.39, 0.29) is 44.5 Å². The van der Waals surface area contributed by atoms with Crippen LogP contribution in [0.1, 0.15) is 29.3 Å². The van der Waals surface area contributed by atoms with Crippen molar-refractivity contribution in [3.8, 4) is 0 Å². The number of carbonyl (C=O) groups is 3. The average molecular weight is 447 g/mol. The molecule has 28 heavy (non-hydrogen) atoms. The van der Waals surface area contributed by atoms with Gasteiger partial charge in [-0.1, -0.05) is 46.3 Å². The molecule has 0 aromatic heterocycles.